The number of aryl methyl sites for hydroxylation is 1. The highest BCUT2D eigenvalue weighted by atomic mass is 32.1. The van der Waals surface area contributed by atoms with Crippen LogP contribution in [0.4, 0.5) is 4.39 Å². The minimum atomic E-state index is -0.686. The number of nitrogens with one attached hydrogen (secondary N) is 1. The van der Waals surface area contributed by atoms with Crippen LogP contribution in [0.5, 0.6) is 0 Å². The van der Waals surface area contributed by atoms with Crippen LogP contribution in [0.3, 0.4) is 0 Å². The lowest BCUT2D eigenvalue weighted by Crippen LogP contribution is -2.42. The molecular formula is C19H23FN2O3S. The predicted octanol–water partition coefficient (Wildman–Crippen LogP) is 3.50. The predicted molar refractivity (Wildman–Crippen MR) is 98.8 cm³/mol. The van der Waals surface area contributed by atoms with Crippen molar-refractivity contribution in [2.45, 2.75) is 39.7 Å². The molecule has 1 N–H and O–H groups in total. The van der Waals surface area contributed by atoms with Gasteiger partial charge in [-0.3, -0.25) is 4.79 Å². The number of thiazole rings is 1. The van der Waals surface area contributed by atoms with Gasteiger partial charge in [0.15, 0.2) is 0 Å². The summed E-state index contributed by atoms with van der Waals surface area (Å²) >= 11 is 1.28. The zero-order valence-electron chi connectivity index (χ0n) is 15.3. The molecule has 2 aromatic rings. The highest BCUT2D eigenvalue weighted by Crippen LogP contribution is 2.21. The van der Waals surface area contributed by atoms with E-state index in [1.807, 2.05) is 13.8 Å². The summed E-state index contributed by atoms with van der Waals surface area (Å²) in [6.07, 6.45) is 1.02. The smallest absolute Gasteiger partial charge is 0.328 e. The molecule has 0 saturated carbocycles. The van der Waals surface area contributed by atoms with Crippen LogP contribution < -0.4 is 5.32 Å². The van der Waals surface area contributed by atoms with Crippen molar-refractivity contribution >= 4 is 23.2 Å². The number of aromatic nitrogens is 1. The molecule has 0 aliphatic rings. The van der Waals surface area contributed by atoms with E-state index in [0.717, 1.165) is 10.6 Å². The molecule has 0 fully saturated rings. The van der Waals surface area contributed by atoms with Crippen LogP contribution in [0.2, 0.25) is 0 Å². The Hall–Kier alpha value is -2.28. The summed E-state index contributed by atoms with van der Waals surface area (Å²) in [6.45, 7) is 5.71. The van der Waals surface area contributed by atoms with E-state index in [9.17, 15) is 14.0 Å². The van der Waals surface area contributed by atoms with E-state index in [4.69, 9.17) is 4.74 Å². The van der Waals surface area contributed by atoms with E-state index < -0.39 is 12.0 Å². The second-order valence-electron chi connectivity index (χ2n) is 6.50. The molecule has 0 spiro atoms. The number of amides is 1. The average molecular weight is 378 g/mol. The summed E-state index contributed by atoms with van der Waals surface area (Å²) in [4.78, 5) is 29.4. The lowest BCUT2D eigenvalue weighted by atomic mass is 10.0. The summed E-state index contributed by atoms with van der Waals surface area (Å²) in [6, 6.07) is 5.50. The van der Waals surface area contributed by atoms with Crippen LogP contribution in [0.15, 0.2) is 24.3 Å². The van der Waals surface area contributed by atoms with Crippen LogP contribution in [0, 0.1) is 18.7 Å². The Kier molecular flexibility index (Phi) is 6.85. The van der Waals surface area contributed by atoms with Crippen molar-refractivity contribution in [3.8, 4) is 0 Å². The number of ether oxygens (including phenoxy) is 1. The molecule has 26 heavy (non-hydrogen) atoms. The maximum absolute atomic E-state index is 13.0. The molecule has 1 atom stereocenters. The summed E-state index contributed by atoms with van der Waals surface area (Å²) in [5.41, 5.74) is 1.53. The fourth-order valence-corrected chi connectivity index (χ4v) is 3.57. The van der Waals surface area contributed by atoms with Gasteiger partial charge in [0.05, 0.1) is 17.8 Å². The first-order valence-electron chi connectivity index (χ1n) is 8.39. The maximum Gasteiger partial charge on any atom is 0.328 e. The zero-order chi connectivity index (χ0) is 19.3. The van der Waals surface area contributed by atoms with Gasteiger partial charge in [-0.25, -0.2) is 14.2 Å². The molecule has 1 aromatic carbocycles. The van der Waals surface area contributed by atoms with Crippen molar-refractivity contribution in [2.24, 2.45) is 5.92 Å². The third-order valence-corrected chi connectivity index (χ3v) is 4.97. The monoisotopic (exact) mass is 378 g/mol. The molecule has 0 radical (unpaired) electrons. The number of hydrogen-bond acceptors (Lipinski definition) is 5. The molecule has 5 nitrogen and oxygen atoms in total. The number of halogens is 1. The van der Waals surface area contributed by atoms with Crippen molar-refractivity contribution in [3.63, 3.8) is 0 Å². The topological polar surface area (TPSA) is 68.3 Å². The van der Waals surface area contributed by atoms with Gasteiger partial charge in [-0.05, 0) is 37.0 Å². The number of carbonyl (C=O) groups is 2. The Bertz CT molecular complexity index is 772. The quantitative estimate of drug-likeness (QED) is 0.749. The molecule has 0 saturated heterocycles. The first-order valence-corrected chi connectivity index (χ1v) is 9.21. The molecule has 1 unspecified atom stereocenters. The molecule has 0 aliphatic carbocycles. The highest BCUT2D eigenvalue weighted by molar-refractivity contribution is 7.13. The van der Waals surface area contributed by atoms with Gasteiger partial charge >= 0.3 is 5.97 Å². The van der Waals surface area contributed by atoms with Crippen molar-refractivity contribution in [1.29, 1.82) is 0 Å². The first-order chi connectivity index (χ1) is 12.3. The van der Waals surface area contributed by atoms with Gasteiger partial charge in [-0.2, -0.15) is 0 Å². The molecule has 140 valence electrons. The summed E-state index contributed by atoms with van der Waals surface area (Å²) < 4.78 is 17.8. The van der Waals surface area contributed by atoms with Crippen LogP contribution in [-0.2, 0) is 16.0 Å². The lowest BCUT2D eigenvalue weighted by Gasteiger charge is -2.17. The van der Waals surface area contributed by atoms with E-state index in [-0.39, 0.29) is 17.6 Å². The SMILES string of the molecule is COC(=O)C(CC(C)C)NC(=O)c1sc(Cc2ccc(F)cc2)nc1C. The minimum Gasteiger partial charge on any atom is -0.467 e. The van der Waals surface area contributed by atoms with Gasteiger partial charge in [0.2, 0.25) is 0 Å². The molecule has 2 rings (SSSR count). The lowest BCUT2D eigenvalue weighted by molar-refractivity contribution is -0.143. The Balaban J connectivity index is 2.12. The van der Waals surface area contributed by atoms with Gasteiger partial charge in [0.1, 0.15) is 16.7 Å². The van der Waals surface area contributed by atoms with Crippen LogP contribution in [0.1, 0.15) is 46.2 Å². The Morgan fingerprint density at radius 1 is 1.27 bits per heavy atom. The third kappa shape index (κ3) is 5.36. The van der Waals surface area contributed by atoms with Gasteiger partial charge in [-0.15, -0.1) is 11.3 Å². The van der Waals surface area contributed by atoms with Gasteiger partial charge in [0, 0.05) is 6.42 Å². The van der Waals surface area contributed by atoms with Crippen molar-refractivity contribution in [3.05, 3.63) is 51.2 Å². The van der Waals surface area contributed by atoms with Gasteiger partial charge in [0.25, 0.3) is 5.91 Å². The summed E-state index contributed by atoms with van der Waals surface area (Å²) in [5.74, 6) is -0.846. The summed E-state index contributed by atoms with van der Waals surface area (Å²) in [7, 11) is 1.31. The number of hydrogen-bond donors (Lipinski definition) is 1. The van der Waals surface area contributed by atoms with Crippen molar-refractivity contribution in [2.75, 3.05) is 7.11 Å². The zero-order valence-corrected chi connectivity index (χ0v) is 16.2. The highest BCUT2D eigenvalue weighted by Gasteiger charge is 2.25. The Morgan fingerprint density at radius 3 is 2.50 bits per heavy atom. The molecule has 1 amide bonds. The molecule has 7 heteroatoms. The second-order valence-corrected chi connectivity index (χ2v) is 7.59. The van der Waals surface area contributed by atoms with Crippen molar-refractivity contribution in [1.82, 2.24) is 10.3 Å². The molecular weight excluding hydrogens is 355 g/mol. The Morgan fingerprint density at radius 2 is 1.92 bits per heavy atom. The number of methoxy groups -OCH3 is 1. The summed E-state index contributed by atoms with van der Waals surface area (Å²) in [5, 5.41) is 3.51. The number of esters is 1. The fraction of sp³-hybridized carbons (Fsp3) is 0.421. The second kappa shape index (κ2) is 8.89. The van der Waals surface area contributed by atoms with E-state index in [1.54, 1.807) is 19.1 Å². The number of rotatable bonds is 7. The number of nitrogens with zero attached hydrogens (tertiary/aromatic N) is 1. The van der Waals surface area contributed by atoms with Crippen molar-refractivity contribution < 1.29 is 18.7 Å². The molecule has 1 heterocycles. The van der Waals surface area contributed by atoms with Crippen LogP contribution in [0.25, 0.3) is 0 Å². The average Bonchev–Trinajstić information content (AvgIpc) is 2.95. The van der Waals surface area contributed by atoms with Crippen LogP contribution >= 0.6 is 11.3 Å². The number of carbonyl (C=O) groups excluding carboxylic acids is 2. The first kappa shape index (κ1) is 20.0. The Labute approximate surface area is 156 Å². The fourth-order valence-electron chi connectivity index (χ4n) is 2.57. The van der Waals surface area contributed by atoms with Gasteiger partial charge in [-0.1, -0.05) is 26.0 Å². The van der Waals surface area contributed by atoms with E-state index >= 15 is 0 Å². The normalized spacial score (nSPS) is 12.1. The third-order valence-electron chi connectivity index (χ3n) is 3.81. The van der Waals surface area contributed by atoms with E-state index in [1.165, 1.54) is 30.6 Å². The standard InChI is InChI=1S/C19H23FN2O3S/c1-11(2)9-15(19(24)25-4)22-18(23)17-12(3)21-16(26-17)10-13-5-7-14(20)8-6-13/h5-8,11,15H,9-10H2,1-4H3,(H,22,23). The van der Waals surface area contributed by atoms with Crippen LogP contribution in [-0.4, -0.2) is 30.0 Å². The molecule has 0 aliphatic heterocycles. The number of benzene rings is 1. The van der Waals surface area contributed by atoms with Gasteiger partial charge < -0.3 is 10.1 Å². The molecule has 0 bridgehead atoms. The van der Waals surface area contributed by atoms with E-state index in [2.05, 4.69) is 10.3 Å². The molecule has 1 aromatic heterocycles. The minimum absolute atomic E-state index is 0.232. The van der Waals surface area contributed by atoms with E-state index in [0.29, 0.717) is 23.4 Å². The largest absolute Gasteiger partial charge is 0.467 e. The maximum atomic E-state index is 13.0.